The van der Waals surface area contributed by atoms with E-state index in [0.717, 1.165) is 10.5 Å². The van der Waals surface area contributed by atoms with Gasteiger partial charge in [-0.05, 0) is 17.7 Å². The number of thioether (sulfide) groups is 1. The number of carbonyl (C=O) groups is 1. The SMILES string of the molecule is CSC(CC(=O)C1=C[CH]C=C1)C(C#N)c1cccs1.[CH]1C=CC=C1.[Fe]. The van der Waals surface area contributed by atoms with Crippen LogP contribution in [0.2, 0.25) is 0 Å². The molecule has 0 saturated carbocycles. The topological polar surface area (TPSA) is 40.9 Å². The summed E-state index contributed by atoms with van der Waals surface area (Å²) in [6.07, 6.45) is 19.7. The maximum atomic E-state index is 12.1. The number of ketones is 1. The molecule has 0 amide bonds. The first kappa shape index (κ1) is 21.7. The van der Waals surface area contributed by atoms with E-state index in [0.29, 0.717) is 6.42 Å². The predicted octanol–water partition coefficient (Wildman–Crippen LogP) is 5.06. The Morgan fingerprint density at radius 1 is 1.24 bits per heavy atom. The monoisotopic (exact) mass is 409 g/mol. The summed E-state index contributed by atoms with van der Waals surface area (Å²) >= 11 is 3.17. The minimum absolute atomic E-state index is 0. The summed E-state index contributed by atoms with van der Waals surface area (Å²) in [5.41, 5.74) is 0.738. The zero-order chi connectivity index (χ0) is 17.2. The van der Waals surface area contributed by atoms with Gasteiger partial charge in [0.05, 0.1) is 12.0 Å². The number of hydrogen-bond acceptors (Lipinski definition) is 4. The third-order valence-electron chi connectivity index (χ3n) is 3.59. The van der Waals surface area contributed by atoms with Crippen LogP contribution in [0.15, 0.2) is 65.6 Å². The van der Waals surface area contributed by atoms with E-state index >= 15 is 0 Å². The van der Waals surface area contributed by atoms with Crippen LogP contribution < -0.4 is 0 Å². The molecule has 2 nitrogen and oxygen atoms in total. The molecular weight excluding hydrogens is 390 g/mol. The van der Waals surface area contributed by atoms with Crippen molar-refractivity contribution in [3.8, 4) is 6.07 Å². The van der Waals surface area contributed by atoms with Gasteiger partial charge in [0.15, 0.2) is 5.78 Å². The van der Waals surface area contributed by atoms with Crippen molar-refractivity contribution in [2.24, 2.45) is 0 Å². The number of nitrogens with zero attached hydrogens (tertiary/aromatic N) is 1. The molecule has 2 radical (unpaired) electrons. The maximum Gasteiger partial charge on any atom is 0.163 e. The summed E-state index contributed by atoms with van der Waals surface area (Å²) in [4.78, 5) is 13.2. The van der Waals surface area contributed by atoms with E-state index in [9.17, 15) is 10.1 Å². The quantitative estimate of drug-likeness (QED) is 0.617. The average molecular weight is 409 g/mol. The number of hydrogen-bond donors (Lipinski definition) is 0. The molecule has 0 bridgehead atoms. The van der Waals surface area contributed by atoms with Gasteiger partial charge in [0.25, 0.3) is 0 Å². The third-order valence-corrected chi connectivity index (χ3v) is 5.59. The molecule has 0 saturated heterocycles. The zero-order valence-electron chi connectivity index (χ0n) is 13.8. The van der Waals surface area contributed by atoms with Gasteiger partial charge in [0.2, 0.25) is 0 Å². The zero-order valence-corrected chi connectivity index (χ0v) is 16.6. The van der Waals surface area contributed by atoms with E-state index in [1.807, 2.05) is 79.1 Å². The molecule has 1 aromatic heterocycles. The Bertz CT molecular complexity index is 686. The number of thiophene rings is 1. The van der Waals surface area contributed by atoms with Crippen molar-refractivity contribution < 1.29 is 21.9 Å². The van der Waals surface area contributed by atoms with E-state index in [1.165, 1.54) is 0 Å². The summed E-state index contributed by atoms with van der Waals surface area (Å²) < 4.78 is 0. The van der Waals surface area contributed by atoms with Gasteiger partial charge in [-0.1, -0.05) is 48.6 Å². The van der Waals surface area contributed by atoms with Gasteiger partial charge in [-0.2, -0.15) is 17.0 Å². The molecule has 0 aromatic carbocycles. The van der Waals surface area contributed by atoms with E-state index in [-0.39, 0.29) is 34.0 Å². The second kappa shape index (κ2) is 12.1. The average Bonchev–Trinajstić information content (AvgIpc) is 3.39. The van der Waals surface area contributed by atoms with Crippen molar-refractivity contribution in [1.29, 1.82) is 5.26 Å². The minimum Gasteiger partial charge on any atom is -0.294 e. The molecule has 2 aliphatic rings. The van der Waals surface area contributed by atoms with Crippen LogP contribution in [0.4, 0.5) is 0 Å². The van der Waals surface area contributed by atoms with Crippen LogP contribution in [0.1, 0.15) is 17.2 Å². The van der Waals surface area contributed by atoms with E-state index < -0.39 is 0 Å². The van der Waals surface area contributed by atoms with Crippen LogP contribution in [0.25, 0.3) is 0 Å². The van der Waals surface area contributed by atoms with Crippen molar-refractivity contribution in [2.75, 3.05) is 6.26 Å². The Morgan fingerprint density at radius 3 is 2.44 bits per heavy atom. The summed E-state index contributed by atoms with van der Waals surface area (Å²) in [7, 11) is 0. The standard InChI is InChI=1S/C15H14NOS2.C5H5.Fe/c1-18-15(9-13(17)11-5-2-3-6-11)12(10-16)14-7-4-8-19-14;1-2-4-5-3-1;/h2-8,12,15H,9H2,1H3;1-5H;. The van der Waals surface area contributed by atoms with Gasteiger partial charge in [0, 0.05) is 52.0 Å². The Morgan fingerprint density at radius 2 is 2.00 bits per heavy atom. The minimum atomic E-state index is -0.214. The van der Waals surface area contributed by atoms with Gasteiger partial charge >= 0.3 is 0 Å². The summed E-state index contributed by atoms with van der Waals surface area (Å²) in [5.74, 6) is -0.102. The van der Waals surface area contributed by atoms with Crippen molar-refractivity contribution >= 4 is 28.9 Å². The molecule has 0 fully saturated rings. The molecule has 0 spiro atoms. The van der Waals surface area contributed by atoms with Crippen molar-refractivity contribution in [3.05, 3.63) is 83.3 Å². The first-order chi connectivity index (χ1) is 11.8. The fourth-order valence-electron chi connectivity index (χ4n) is 2.32. The second-order valence-electron chi connectivity index (χ2n) is 5.16. The molecule has 0 N–H and O–H groups in total. The molecule has 2 unspecified atom stereocenters. The second-order valence-corrected chi connectivity index (χ2v) is 7.22. The molecule has 1 heterocycles. The van der Waals surface area contributed by atoms with E-state index in [2.05, 4.69) is 6.07 Å². The smallest absolute Gasteiger partial charge is 0.163 e. The van der Waals surface area contributed by atoms with Crippen LogP contribution in [-0.4, -0.2) is 17.3 Å². The number of rotatable bonds is 6. The van der Waals surface area contributed by atoms with Crippen molar-refractivity contribution in [3.63, 3.8) is 0 Å². The van der Waals surface area contributed by atoms with Gasteiger partial charge in [-0.3, -0.25) is 4.79 Å². The number of allylic oxidation sites excluding steroid dienone is 8. The van der Waals surface area contributed by atoms with Crippen LogP contribution in [0.3, 0.4) is 0 Å². The van der Waals surface area contributed by atoms with Gasteiger partial charge in [-0.25, -0.2) is 0 Å². The first-order valence-electron chi connectivity index (χ1n) is 7.63. The molecule has 130 valence electrons. The summed E-state index contributed by atoms with van der Waals surface area (Å²) in [5, 5.41) is 11.3. The van der Waals surface area contributed by atoms with Gasteiger partial charge in [-0.15, -0.1) is 11.3 Å². The Labute approximate surface area is 168 Å². The van der Waals surface area contributed by atoms with Gasteiger partial charge in [0.1, 0.15) is 0 Å². The number of carbonyl (C=O) groups excluding carboxylic acids is 1. The van der Waals surface area contributed by atoms with Crippen LogP contribution in [-0.2, 0) is 21.9 Å². The first-order valence-corrected chi connectivity index (χ1v) is 9.80. The van der Waals surface area contributed by atoms with Crippen molar-refractivity contribution in [1.82, 2.24) is 0 Å². The Hall–Kier alpha value is -1.31. The number of nitriles is 1. The number of Topliss-reactive ketones (excluding diaryl/α,β-unsaturated/α-hetero) is 1. The summed E-state index contributed by atoms with van der Waals surface area (Å²) in [6, 6.07) is 6.26. The molecule has 25 heavy (non-hydrogen) atoms. The van der Waals surface area contributed by atoms with Gasteiger partial charge < -0.3 is 0 Å². The molecule has 0 aliphatic heterocycles. The Kier molecular flexibility index (Phi) is 10.5. The van der Waals surface area contributed by atoms with Crippen LogP contribution in [0.5, 0.6) is 0 Å². The largest absolute Gasteiger partial charge is 0.294 e. The molecule has 1 aromatic rings. The van der Waals surface area contributed by atoms with Crippen LogP contribution >= 0.6 is 23.1 Å². The van der Waals surface area contributed by atoms with E-state index in [4.69, 9.17) is 0 Å². The molecule has 2 aliphatic carbocycles. The molecule has 5 heteroatoms. The molecular formula is C20H19FeNOS2. The molecule has 3 rings (SSSR count). The Balaban J connectivity index is 0.000000448. The fourth-order valence-corrected chi connectivity index (χ4v) is 4.04. The maximum absolute atomic E-state index is 12.1. The third kappa shape index (κ3) is 6.84. The van der Waals surface area contributed by atoms with Crippen LogP contribution in [0, 0.1) is 24.2 Å². The molecule has 2 atom stereocenters. The predicted molar refractivity (Wildman–Crippen MR) is 104 cm³/mol. The summed E-state index contributed by atoms with van der Waals surface area (Å²) in [6.45, 7) is 0. The van der Waals surface area contributed by atoms with E-state index in [1.54, 1.807) is 23.1 Å². The van der Waals surface area contributed by atoms with Crippen molar-refractivity contribution in [2.45, 2.75) is 17.6 Å². The normalized spacial score (nSPS) is 16.2. The fraction of sp³-hybridized carbons (Fsp3) is 0.200.